The molecule has 0 aliphatic rings. The van der Waals surface area contributed by atoms with E-state index in [1.165, 1.54) is 11.1 Å². The zero-order chi connectivity index (χ0) is 13.8. The maximum Gasteiger partial charge on any atom is 0.242 e. The molecule has 1 N–H and O–H groups in total. The molecule has 0 saturated heterocycles. The summed E-state index contributed by atoms with van der Waals surface area (Å²) in [6.07, 6.45) is 0. The van der Waals surface area contributed by atoms with Gasteiger partial charge < -0.3 is 10.2 Å². The van der Waals surface area contributed by atoms with Crippen LogP contribution in [0.2, 0.25) is 0 Å². The van der Waals surface area contributed by atoms with Crippen molar-refractivity contribution < 1.29 is 4.79 Å². The number of nitrogens with zero attached hydrogens (tertiary/aromatic N) is 1. The van der Waals surface area contributed by atoms with Crippen molar-refractivity contribution in [3.8, 4) is 0 Å². The Balaban J connectivity index is 2.82. The second-order valence-corrected chi connectivity index (χ2v) is 5.18. The van der Waals surface area contributed by atoms with E-state index in [1.807, 2.05) is 38.8 Å². The number of likely N-dealkylation sites (N-methyl/N-ethyl adjacent to an activating group) is 2. The fourth-order valence-electron chi connectivity index (χ4n) is 1.86. The number of hydrogen-bond donors (Lipinski definition) is 1. The highest BCUT2D eigenvalue weighted by molar-refractivity contribution is 5.85. The lowest BCUT2D eigenvalue weighted by Gasteiger charge is -2.31. The van der Waals surface area contributed by atoms with E-state index in [0.29, 0.717) is 6.54 Å². The fraction of sp³-hybridized carbons (Fsp3) is 0.533. The minimum absolute atomic E-state index is 0.133. The molecular formula is C15H24N2O. The summed E-state index contributed by atoms with van der Waals surface area (Å²) >= 11 is 0. The Hall–Kier alpha value is -1.35. The molecule has 0 saturated carbocycles. The van der Waals surface area contributed by atoms with Gasteiger partial charge in [-0.25, -0.2) is 0 Å². The minimum atomic E-state index is -0.514. The van der Waals surface area contributed by atoms with Gasteiger partial charge in [-0.2, -0.15) is 0 Å². The maximum absolute atomic E-state index is 12.4. The molecule has 1 rings (SSSR count). The normalized spacial score (nSPS) is 11.4. The molecule has 0 heterocycles. The van der Waals surface area contributed by atoms with Crippen molar-refractivity contribution in [2.24, 2.45) is 0 Å². The topological polar surface area (TPSA) is 32.3 Å². The lowest BCUT2D eigenvalue weighted by molar-refractivity contribution is -0.137. The number of amides is 1. The summed E-state index contributed by atoms with van der Waals surface area (Å²) in [5, 5.41) is 3.06. The van der Waals surface area contributed by atoms with Gasteiger partial charge in [-0.15, -0.1) is 0 Å². The van der Waals surface area contributed by atoms with Crippen LogP contribution in [0, 0.1) is 6.92 Å². The maximum atomic E-state index is 12.4. The minimum Gasteiger partial charge on any atom is -0.337 e. The predicted octanol–water partition coefficient (Wildman–Crippen LogP) is 2.34. The Labute approximate surface area is 110 Å². The molecule has 1 amide bonds. The van der Waals surface area contributed by atoms with Gasteiger partial charge in [0.1, 0.15) is 0 Å². The standard InChI is InChI=1S/C15H24N2O/c1-6-17(14(18)15(3,4)16-5)11-13-9-7-8-12(2)10-13/h7-10,16H,6,11H2,1-5H3. The van der Waals surface area contributed by atoms with Crippen LogP contribution < -0.4 is 5.32 Å². The number of carbonyl (C=O) groups is 1. The molecule has 0 unspecified atom stereocenters. The van der Waals surface area contributed by atoms with Gasteiger partial charge >= 0.3 is 0 Å². The summed E-state index contributed by atoms with van der Waals surface area (Å²) < 4.78 is 0. The van der Waals surface area contributed by atoms with Gasteiger partial charge in [0.25, 0.3) is 0 Å². The lowest BCUT2D eigenvalue weighted by atomic mass is 10.0. The zero-order valence-electron chi connectivity index (χ0n) is 12.1. The largest absolute Gasteiger partial charge is 0.337 e. The zero-order valence-corrected chi connectivity index (χ0v) is 12.1. The number of rotatable bonds is 5. The van der Waals surface area contributed by atoms with Gasteiger partial charge in [0.2, 0.25) is 5.91 Å². The van der Waals surface area contributed by atoms with Crippen molar-refractivity contribution >= 4 is 5.91 Å². The van der Waals surface area contributed by atoms with Gasteiger partial charge in [0, 0.05) is 13.1 Å². The van der Waals surface area contributed by atoms with E-state index in [2.05, 4.69) is 30.4 Å². The molecule has 100 valence electrons. The summed E-state index contributed by atoms with van der Waals surface area (Å²) in [6.45, 7) is 9.29. The van der Waals surface area contributed by atoms with E-state index in [0.717, 1.165) is 6.54 Å². The molecule has 0 atom stereocenters. The van der Waals surface area contributed by atoms with Crippen molar-refractivity contribution in [1.29, 1.82) is 0 Å². The van der Waals surface area contributed by atoms with Crippen molar-refractivity contribution in [2.45, 2.75) is 39.8 Å². The Kier molecular flexibility index (Phi) is 4.91. The Morgan fingerprint density at radius 1 is 1.39 bits per heavy atom. The first-order valence-corrected chi connectivity index (χ1v) is 6.44. The smallest absolute Gasteiger partial charge is 0.242 e. The first kappa shape index (κ1) is 14.7. The van der Waals surface area contributed by atoms with Gasteiger partial charge in [-0.1, -0.05) is 29.8 Å². The third-order valence-electron chi connectivity index (χ3n) is 3.28. The van der Waals surface area contributed by atoms with Crippen LogP contribution in [0.1, 0.15) is 31.9 Å². The highest BCUT2D eigenvalue weighted by atomic mass is 16.2. The summed E-state index contributed by atoms with van der Waals surface area (Å²) in [7, 11) is 1.82. The van der Waals surface area contributed by atoms with Crippen molar-refractivity contribution in [1.82, 2.24) is 10.2 Å². The van der Waals surface area contributed by atoms with Crippen LogP contribution in [0.15, 0.2) is 24.3 Å². The van der Waals surface area contributed by atoms with Crippen LogP contribution in [-0.2, 0) is 11.3 Å². The molecule has 0 bridgehead atoms. The molecule has 3 nitrogen and oxygen atoms in total. The van der Waals surface area contributed by atoms with Gasteiger partial charge in [0.15, 0.2) is 0 Å². The van der Waals surface area contributed by atoms with E-state index in [1.54, 1.807) is 0 Å². The number of hydrogen-bond acceptors (Lipinski definition) is 2. The fourth-order valence-corrected chi connectivity index (χ4v) is 1.86. The molecule has 18 heavy (non-hydrogen) atoms. The third kappa shape index (κ3) is 3.57. The van der Waals surface area contributed by atoms with Crippen LogP contribution in [0.5, 0.6) is 0 Å². The Bertz CT molecular complexity index is 413. The quantitative estimate of drug-likeness (QED) is 0.867. The SMILES string of the molecule is CCN(Cc1cccc(C)c1)C(=O)C(C)(C)NC. The second-order valence-electron chi connectivity index (χ2n) is 5.18. The molecule has 1 aromatic rings. The molecule has 1 aromatic carbocycles. The van der Waals surface area contributed by atoms with Crippen LogP contribution >= 0.6 is 0 Å². The molecule has 0 aliphatic carbocycles. The first-order valence-electron chi connectivity index (χ1n) is 6.44. The highest BCUT2D eigenvalue weighted by Crippen LogP contribution is 2.12. The Morgan fingerprint density at radius 3 is 2.56 bits per heavy atom. The average molecular weight is 248 g/mol. The molecule has 0 fully saturated rings. The average Bonchev–Trinajstić information content (AvgIpc) is 2.35. The number of nitrogens with one attached hydrogen (secondary N) is 1. The van der Waals surface area contributed by atoms with Crippen LogP contribution in [0.25, 0.3) is 0 Å². The Morgan fingerprint density at radius 2 is 2.06 bits per heavy atom. The lowest BCUT2D eigenvalue weighted by Crippen LogP contribution is -2.52. The van der Waals surface area contributed by atoms with E-state index in [4.69, 9.17) is 0 Å². The molecule has 3 heteroatoms. The second kappa shape index (κ2) is 6.01. The molecule has 0 aliphatic heterocycles. The number of aryl methyl sites for hydroxylation is 1. The number of benzene rings is 1. The van der Waals surface area contributed by atoms with E-state index >= 15 is 0 Å². The van der Waals surface area contributed by atoms with E-state index in [-0.39, 0.29) is 5.91 Å². The van der Waals surface area contributed by atoms with Gasteiger partial charge in [-0.3, -0.25) is 4.79 Å². The van der Waals surface area contributed by atoms with Crippen molar-refractivity contribution in [3.63, 3.8) is 0 Å². The van der Waals surface area contributed by atoms with Gasteiger partial charge in [-0.05, 0) is 40.3 Å². The van der Waals surface area contributed by atoms with Crippen LogP contribution in [0.4, 0.5) is 0 Å². The molecule has 0 aromatic heterocycles. The van der Waals surface area contributed by atoms with E-state index in [9.17, 15) is 4.79 Å². The monoisotopic (exact) mass is 248 g/mol. The summed E-state index contributed by atoms with van der Waals surface area (Å²) in [6, 6.07) is 8.29. The highest BCUT2D eigenvalue weighted by Gasteiger charge is 2.29. The van der Waals surface area contributed by atoms with Crippen molar-refractivity contribution in [3.05, 3.63) is 35.4 Å². The first-order chi connectivity index (χ1) is 8.40. The summed E-state index contributed by atoms with van der Waals surface area (Å²) in [5.74, 6) is 0.133. The third-order valence-corrected chi connectivity index (χ3v) is 3.28. The predicted molar refractivity (Wildman–Crippen MR) is 75.4 cm³/mol. The molecule has 0 radical (unpaired) electrons. The van der Waals surface area contributed by atoms with Crippen LogP contribution in [0.3, 0.4) is 0 Å². The number of carbonyl (C=O) groups excluding carboxylic acids is 1. The summed E-state index contributed by atoms with van der Waals surface area (Å²) in [4.78, 5) is 14.3. The van der Waals surface area contributed by atoms with Gasteiger partial charge in [0.05, 0.1) is 5.54 Å². The van der Waals surface area contributed by atoms with E-state index < -0.39 is 5.54 Å². The van der Waals surface area contributed by atoms with Crippen LogP contribution in [-0.4, -0.2) is 29.9 Å². The van der Waals surface area contributed by atoms with Crippen molar-refractivity contribution in [2.75, 3.05) is 13.6 Å². The molecule has 0 spiro atoms. The summed E-state index contributed by atoms with van der Waals surface area (Å²) in [5.41, 5.74) is 1.89. The molecular weight excluding hydrogens is 224 g/mol.